The van der Waals surface area contributed by atoms with Crippen LogP contribution in [-0.4, -0.2) is 11.1 Å². The van der Waals surface area contributed by atoms with E-state index in [0.29, 0.717) is 0 Å². The van der Waals surface area contributed by atoms with E-state index in [2.05, 4.69) is 15.9 Å². The highest BCUT2D eigenvalue weighted by Crippen LogP contribution is 2.19. The van der Waals surface area contributed by atoms with Crippen LogP contribution < -0.4 is 0 Å². The van der Waals surface area contributed by atoms with Gasteiger partial charge in [0.1, 0.15) is 5.56 Å². The molecular weight excluding hydrogens is 246 g/mol. The van der Waals surface area contributed by atoms with E-state index in [-0.39, 0.29) is 10.9 Å². The van der Waals surface area contributed by atoms with Crippen LogP contribution in [0.15, 0.2) is 12.1 Å². The van der Waals surface area contributed by atoms with E-state index >= 15 is 0 Å². The monoisotopic (exact) mass is 250 g/mol. The van der Waals surface area contributed by atoms with Crippen molar-refractivity contribution in [3.8, 4) is 0 Å². The Morgan fingerprint density at radius 3 is 2.54 bits per heavy atom. The summed E-state index contributed by atoms with van der Waals surface area (Å²) in [6.07, 6.45) is 0. The number of alkyl halides is 1. The van der Waals surface area contributed by atoms with Gasteiger partial charge in [0.2, 0.25) is 0 Å². The average Bonchev–Trinajstić information content (AvgIpc) is 2.08. The molecule has 1 N–H and O–H groups in total. The first-order valence-corrected chi connectivity index (χ1v) is 4.46. The molecule has 0 atom stereocenters. The lowest BCUT2D eigenvalue weighted by Gasteiger charge is -2.03. The maximum Gasteiger partial charge on any atom is 0.339 e. The number of carbonyl (C=O) groups is 1. The first-order valence-electron chi connectivity index (χ1n) is 3.34. The van der Waals surface area contributed by atoms with Crippen LogP contribution in [0.5, 0.6) is 0 Å². The summed E-state index contributed by atoms with van der Waals surface area (Å²) in [7, 11) is 0. The van der Waals surface area contributed by atoms with Crippen molar-refractivity contribution in [2.24, 2.45) is 0 Å². The first kappa shape index (κ1) is 10.1. The number of aromatic carboxylic acids is 1. The Labute approximate surface area is 81.3 Å². The van der Waals surface area contributed by atoms with Gasteiger partial charge in [0, 0.05) is 5.33 Å². The van der Waals surface area contributed by atoms with Crippen LogP contribution in [0.25, 0.3) is 0 Å². The van der Waals surface area contributed by atoms with Crippen LogP contribution in [0.4, 0.5) is 8.78 Å². The van der Waals surface area contributed by atoms with Crippen LogP contribution in [0, 0.1) is 11.6 Å². The van der Waals surface area contributed by atoms with Gasteiger partial charge in [-0.1, -0.05) is 22.0 Å². The lowest BCUT2D eigenvalue weighted by molar-refractivity contribution is 0.0689. The van der Waals surface area contributed by atoms with E-state index in [1.807, 2.05) is 0 Å². The van der Waals surface area contributed by atoms with Gasteiger partial charge in [-0.2, -0.15) is 0 Å². The van der Waals surface area contributed by atoms with Crippen molar-refractivity contribution in [3.05, 3.63) is 34.9 Å². The van der Waals surface area contributed by atoms with E-state index < -0.39 is 23.2 Å². The topological polar surface area (TPSA) is 37.3 Å². The van der Waals surface area contributed by atoms with Crippen LogP contribution in [0.1, 0.15) is 15.9 Å². The molecule has 13 heavy (non-hydrogen) atoms. The number of rotatable bonds is 2. The highest BCUT2D eigenvalue weighted by atomic mass is 79.9. The summed E-state index contributed by atoms with van der Waals surface area (Å²) in [6.45, 7) is 0. The predicted molar refractivity (Wildman–Crippen MR) is 45.9 cm³/mol. The summed E-state index contributed by atoms with van der Waals surface area (Å²) in [5.74, 6) is -3.93. The van der Waals surface area contributed by atoms with Gasteiger partial charge < -0.3 is 5.11 Å². The summed E-state index contributed by atoms with van der Waals surface area (Å²) in [5.41, 5.74) is -0.400. The maximum atomic E-state index is 12.9. The molecule has 5 heteroatoms. The molecule has 1 rings (SSSR count). The van der Waals surface area contributed by atoms with E-state index in [0.717, 1.165) is 6.07 Å². The predicted octanol–water partition coefficient (Wildman–Crippen LogP) is 2.56. The SMILES string of the molecule is O=C(O)c1c(CBr)ccc(F)c1F. The van der Waals surface area contributed by atoms with Gasteiger partial charge in [-0.3, -0.25) is 0 Å². The van der Waals surface area contributed by atoms with Crippen molar-refractivity contribution in [3.63, 3.8) is 0 Å². The zero-order valence-electron chi connectivity index (χ0n) is 6.35. The quantitative estimate of drug-likeness (QED) is 0.820. The van der Waals surface area contributed by atoms with Crippen molar-refractivity contribution in [2.45, 2.75) is 5.33 Å². The summed E-state index contributed by atoms with van der Waals surface area (Å²) < 4.78 is 25.5. The second-order valence-electron chi connectivity index (χ2n) is 2.33. The van der Waals surface area contributed by atoms with Crippen molar-refractivity contribution >= 4 is 21.9 Å². The van der Waals surface area contributed by atoms with Gasteiger partial charge in [-0.25, -0.2) is 13.6 Å². The Balaban J connectivity index is 3.41. The Kier molecular flexibility index (Phi) is 2.98. The summed E-state index contributed by atoms with van der Waals surface area (Å²) in [6, 6.07) is 2.13. The third-order valence-electron chi connectivity index (χ3n) is 1.54. The number of benzene rings is 1. The Morgan fingerprint density at radius 2 is 2.08 bits per heavy atom. The minimum absolute atomic E-state index is 0.172. The van der Waals surface area contributed by atoms with Crippen LogP contribution >= 0.6 is 15.9 Å². The average molecular weight is 251 g/mol. The highest BCUT2D eigenvalue weighted by molar-refractivity contribution is 9.08. The molecule has 0 aliphatic heterocycles. The van der Waals surface area contributed by atoms with E-state index in [1.165, 1.54) is 6.07 Å². The number of carboxylic acids is 1. The fraction of sp³-hybridized carbons (Fsp3) is 0.125. The molecule has 0 heterocycles. The standard InChI is InChI=1S/C8H5BrF2O2/c9-3-4-1-2-5(10)7(11)6(4)8(12)13/h1-2H,3H2,(H,12,13). The molecule has 0 unspecified atom stereocenters. The van der Waals surface area contributed by atoms with Gasteiger partial charge in [0.15, 0.2) is 11.6 Å². The van der Waals surface area contributed by atoms with Crippen LogP contribution in [0.3, 0.4) is 0 Å². The molecule has 0 saturated carbocycles. The number of hydrogen-bond acceptors (Lipinski definition) is 1. The largest absolute Gasteiger partial charge is 0.478 e. The van der Waals surface area contributed by atoms with Gasteiger partial charge in [-0.15, -0.1) is 0 Å². The molecule has 1 aromatic rings. The zero-order valence-corrected chi connectivity index (χ0v) is 7.94. The number of halogens is 3. The van der Waals surface area contributed by atoms with Gasteiger partial charge in [0.25, 0.3) is 0 Å². The number of hydrogen-bond donors (Lipinski definition) is 1. The third-order valence-corrected chi connectivity index (χ3v) is 2.14. The van der Waals surface area contributed by atoms with Crippen molar-refractivity contribution in [1.82, 2.24) is 0 Å². The number of carboxylic acid groups (broad SMARTS) is 1. The molecule has 0 spiro atoms. The van der Waals surface area contributed by atoms with E-state index in [9.17, 15) is 13.6 Å². The Morgan fingerprint density at radius 1 is 1.46 bits per heavy atom. The summed E-state index contributed by atoms with van der Waals surface area (Å²) in [4.78, 5) is 10.5. The van der Waals surface area contributed by atoms with Crippen molar-refractivity contribution in [2.75, 3.05) is 0 Å². The molecule has 1 aromatic carbocycles. The molecule has 0 saturated heterocycles. The van der Waals surface area contributed by atoms with Crippen molar-refractivity contribution in [1.29, 1.82) is 0 Å². The summed E-state index contributed by atoms with van der Waals surface area (Å²) in [5, 5.41) is 8.75. The maximum absolute atomic E-state index is 12.9. The molecule has 2 nitrogen and oxygen atoms in total. The zero-order chi connectivity index (χ0) is 10.0. The van der Waals surface area contributed by atoms with Crippen molar-refractivity contribution < 1.29 is 18.7 Å². The fourth-order valence-corrected chi connectivity index (χ4v) is 1.40. The molecule has 0 fully saturated rings. The van der Waals surface area contributed by atoms with Crippen LogP contribution in [0.2, 0.25) is 0 Å². The van der Waals surface area contributed by atoms with Gasteiger partial charge >= 0.3 is 5.97 Å². The summed E-state index contributed by atoms with van der Waals surface area (Å²) >= 11 is 2.98. The second kappa shape index (κ2) is 3.83. The van der Waals surface area contributed by atoms with Gasteiger partial charge in [0.05, 0.1) is 0 Å². The molecule has 0 amide bonds. The normalized spacial score (nSPS) is 10.1. The molecule has 0 aliphatic carbocycles. The van der Waals surface area contributed by atoms with E-state index in [4.69, 9.17) is 5.11 Å². The highest BCUT2D eigenvalue weighted by Gasteiger charge is 2.18. The molecule has 0 radical (unpaired) electrons. The van der Waals surface area contributed by atoms with E-state index in [1.54, 1.807) is 0 Å². The first-order chi connectivity index (χ1) is 6.07. The molecular formula is C8H5BrF2O2. The minimum Gasteiger partial charge on any atom is -0.478 e. The van der Waals surface area contributed by atoms with Crippen LogP contribution in [-0.2, 0) is 5.33 Å². The molecule has 0 aromatic heterocycles. The molecule has 0 bridgehead atoms. The Bertz CT molecular complexity index is 352. The third kappa shape index (κ3) is 1.85. The smallest absolute Gasteiger partial charge is 0.339 e. The fourth-order valence-electron chi connectivity index (χ4n) is 0.933. The molecule has 70 valence electrons. The lowest BCUT2D eigenvalue weighted by Crippen LogP contribution is -2.06. The second-order valence-corrected chi connectivity index (χ2v) is 2.90. The van der Waals surface area contributed by atoms with Gasteiger partial charge in [-0.05, 0) is 11.6 Å². The lowest BCUT2D eigenvalue weighted by atomic mass is 10.1. The Hall–Kier alpha value is -0.970. The molecule has 0 aliphatic rings. The minimum atomic E-state index is -1.47.